The number of aliphatic hydroxyl groups is 1. The van der Waals surface area contributed by atoms with Gasteiger partial charge in [-0.05, 0) is 12.1 Å². The van der Waals surface area contributed by atoms with Gasteiger partial charge in [0, 0.05) is 0 Å². The molecule has 15 heavy (non-hydrogen) atoms. The predicted molar refractivity (Wildman–Crippen MR) is 60.7 cm³/mol. The zero-order valence-electron chi connectivity index (χ0n) is 7.91. The molecule has 0 spiro atoms. The second-order valence-electron chi connectivity index (χ2n) is 3.45. The first-order valence-corrected chi connectivity index (χ1v) is 5.40. The summed E-state index contributed by atoms with van der Waals surface area (Å²) in [4.78, 5) is 0. The van der Waals surface area contributed by atoms with E-state index in [1.54, 1.807) is 18.2 Å². The molecule has 3 nitrogen and oxygen atoms in total. The standard InChI is InChI=1S/C10H11Cl2NO2/c11-6-2-1-3-7(12)10(6)13-8-4-15-5-9(8)14/h1-3,8-9,13-14H,4-5H2. The van der Waals surface area contributed by atoms with Crippen molar-refractivity contribution in [1.29, 1.82) is 0 Å². The average molecular weight is 248 g/mol. The minimum absolute atomic E-state index is 0.151. The van der Waals surface area contributed by atoms with E-state index in [0.29, 0.717) is 28.9 Å². The van der Waals surface area contributed by atoms with Gasteiger partial charge in [0.2, 0.25) is 0 Å². The molecule has 2 rings (SSSR count). The summed E-state index contributed by atoms with van der Waals surface area (Å²) in [5.74, 6) is 0. The molecule has 1 heterocycles. The van der Waals surface area contributed by atoms with Gasteiger partial charge in [0.1, 0.15) is 0 Å². The number of hydrogen-bond acceptors (Lipinski definition) is 3. The highest BCUT2D eigenvalue weighted by Gasteiger charge is 2.26. The molecule has 1 aliphatic heterocycles. The maximum Gasteiger partial charge on any atom is 0.0996 e. The lowest BCUT2D eigenvalue weighted by atomic mass is 10.2. The van der Waals surface area contributed by atoms with Crippen LogP contribution in [0.2, 0.25) is 10.0 Å². The number of benzene rings is 1. The van der Waals surface area contributed by atoms with E-state index in [1.807, 2.05) is 0 Å². The van der Waals surface area contributed by atoms with Gasteiger partial charge in [-0.3, -0.25) is 0 Å². The third kappa shape index (κ3) is 2.37. The first-order chi connectivity index (χ1) is 7.18. The van der Waals surface area contributed by atoms with Crippen molar-refractivity contribution < 1.29 is 9.84 Å². The van der Waals surface area contributed by atoms with E-state index in [0.717, 1.165) is 0 Å². The summed E-state index contributed by atoms with van der Waals surface area (Å²) in [6.07, 6.45) is -0.516. The Hall–Kier alpha value is -0.480. The number of halogens is 2. The number of para-hydroxylation sites is 1. The molecule has 2 atom stereocenters. The number of rotatable bonds is 2. The lowest BCUT2D eigenvalue weighted by Crippen LogP contribution is -2.32. The van der Waals surface area contributed by atoms with E-state index >= 15 is 0 Å². The van der Waals surface area contributed by atoms with Crippen LogP contribution in [0.1, 0.15) is 0 Å². The summed E-state index contributed by atoms with van der Waals surface area (Å²) in [7, 11) is 0. The smallest absolute Gasteiger partial charge is 0.0996 e. The SMILES string of the molecule is OC1COCC1Nc1c(Cl)cccc1Cl. The topological polar surface area (TPSA) is 41.5 Å². The van der Waals surface area contributed by atoms with Crippen molar-refractivity contribution in [2.75, 3.05) is 18.5 Å². The second-order valence-corrected chi connectivity index (χ2v) is 4.27. The van der Waals surface area contributed by atoms with Crippen molar-refractivity contribution in [3.63, 3.8) is 0 Å². The molecule has 1 aromatic rings. The lowest BCUT2D eigenvalue weighted by Gasteiger charge is -2.17. The highest BCUT2D eigenvalue weighted by Crippen LogP contribution is 2.31. The van der Waals surface area contributed by atoms with E-state index in [2.05, 4.69) is 5.32 Å². The van der Waals surface area contributed by atoms with Gasteiger partial charge in [-0.2, -0.15) is 0 Å². The third-order valence-corrected chi connectivity index (χ3v) is 2.97. The molecule has 0 bridgehead atoms. The molecule has 0 radical (unpaired) electrons. The molecule has 2 N–H and O–H groups in total. The number of hydrogen-bond donors (Lipinski definition) is 2. The Bertz CT molecular complexity index is 339. The van der Waals surface area contributed by atoms with Gasteiger partial charge >= 0.3 is 0 Å². The lowest BCUT2D eigenvalue weighted by molar-refractivity contribution is 0.125. The van der Waals surface area contributed by atoms with Crippen LogP contribution in [-0.4, -0.2) is 30.5 Å². The summed E-state index contributed by atoms with van der Waals surface area (Å²) in [5.41, 5.74) is 0.649. The van der Waals surface area contributed by atoms with Crippen molar-refractivity contribution in [2.45, 2.75) is 12.1 Å². The molecular formula is C10H11Cl2NO2. The molecule has 0 aromatic heterocycles. The fourth-order valence-corrected chi connectivity index (χ4v) is 2.01. The van der Waals surface area contributed by atoms with E-state index in [-0.39, 0.29) is 6.04 Å². The molecule has 1 saturated heterocycles. The molecule has 82 valence electrons. The molecule has 0 saturated carbocycles. The molecular weight excluding hydrogens is 237 g/mol. The Balaban J connectivity index is 2.16. The maximum absolute atomic E-state index is 9.56. The van der Waals surface area contributed by atoms with E-state index in [9.17, 15) is 5.11 Å². The third-order valence-electron chi connectivity index (χ3n) is 2.34. The highest BCUT2D eigenvalue weighted by molar-refractivity contribution is 6.39. The first-order valence-electron chi connectivity index (χ1n) is 4.65. The number of anilines is 1. The van der Waals surface area contributed by atoms with Gasteiger partial charge in [0.25, 0.3) is 0 Å². The van der Waals surface area contributed by atoms with E-state index in [1.165, 1.54) is 0 Å². The van der Waals surface area contributed by atoms with Gasteiger partial charge in [0.05, 0.1) is 41.1 Å². The zero-order valence-corrected chi connectivity index (χ0v) is 9.42. The van der Waals surface area contributed by atoms with Gasteiger partial charge < -0.3 is 15.2 Å². The van der Waals surface area contributed by atoms with Crippen LogP contribution in [0.15, 0.2) is 18.2 Å². The molecule has 5 heteroatoms. The van der Waals surface area contributed by atoms with Crippen LogP contribution in [0.25, 0.3) is 0 Å². The minimum Gasteiger partial charge on any atom is -0.388 e. The van der Waals surface area contributed by atoms with Gasteiger partial charge in [-0.25, -0.2) is 0 Å². The van der Waals surface area contributed by atoms with Crippen molar-refractivity contribution >= 4 is 28.9 Å². The maximum atomic E-state index is 9.56. The normalized spacial score (nSPS) is 25.5. The number of nitrogens with one attached hydrogen (secondary N) is 1. The van der Waals surface area contributed by atoms with Crippen molar-refractivity contribution in [3.8, 4) is 0 Å². The Labute approximate surface area is 97.9 Å². The average Bonchev–Trinajstić information content (AvgIpc) is 2.58. The molecule has 0 amide bonds. The van der Waals surface area contributed by atoms with Gasteiger partial charge in [0.15, 0.2) is 0 Å². The van der Waals surface area contributed by atoms with Crippen molar-refractivity contribution in [2.24, 2.45) is 0 Å². The van der Waals surface area contributed by atoms with Crippen molar-refractivity contribution in [1.82, 2.24) is 0 Å². The summed E-state index contributed by atoms with van der Waals surface area (Å²) in [5, 5.41) is 13.7. The van der Waals surface area contributed by atoms with Gasteiger partial charge in [-0.15, -0.1) is 0 Å². The number of aliphatic hydroxyl groups excluding tert-OH is 1. The van der Waals surface area contributed by atoms with Crippen LogP contribution in [0.3, 0.4) is 0 Å². The highest BCUT2D eigenvalue weighted by atomic mass is 35.5. The molecule has 1 aromatic carbocycles. The van der Waals surface area contributed by atoms with Crippen LogP contribution in [-0.2, 0) is 4.74 Å². The van der Waals surface area contributed by atoms with Crippen LogP contribution in [0, 0.1) is 0 Å². The van der Waals surface area contributed by atoms with E-state index in [4.69, 9.17) is 27.9 Å². The zero-order chi connectivity index (χ0) is 10.8. The largest absolute Gasteiger partial charge is 0.388 e. The number of ether oxygens (including phenoxy) is 1. The monoisotopic (exact) mass is 247 g/mol. The summed E-state index contributed by atoms with van der Waals surface area (Å²) < 4.78 is 5.12. The Morgan fingerprint density at radius 2 is 1.93 bits per heavy atom. The fraction of sp³-hybridized carbons (Fsp3) is 0.400. The summed E-state index contributed by atoms with van der Waals surface area (Å²) >= 11 is 12.0. The Morgan fingerprint density at radius 1 is 1.27 bits per heavy atom. The van der Waals surface area contributed by atoms with Crippen LogP contribution in [0.4, 0.5) is 5.69 Å². The molecule has 2 unspecified atom stereocenters. The van der Waals surface area contributed by atoms with Gasteiger partial charge in [-0.1, -0.05) is 29.3 Å². The quantitative estimate of drug-likeness (QED) is 0.842. The fourth-order valence-electron chi connectivity index (χ4n) is 1.50. The Kier molecular flexibility index (Phi) is 3.36. The van der Waals surface area contributed by atoms with Crippen LogP contribution < -0.4 is 5.32 Å². The van der Waals surface area contributed by atoms with E-state index < -0.39 is 6.10 Å². The van der Waals surface area contributed by atoms with Crippen molar-refractivity contribution in [3.05, 3.63) is 28.2 Å². The predicted octanol–water partition coefficient (Wildman–Crippen LogP) is 2.17. The Morgan fingerprint density at radius 3 is 2.47 bits per heavy atom. The molecule has 1 aliphatic rings. The molecule has 1 fully saturated rings. The molecule has 0 aliphatic carbocycles. The minimum atomic E-state index is -0.516. The first kappa shape index (κ1) is 11.0. The summed E-state index contributed by atoms with van der Waals surface area (Å²) in [6, 6.07) is 5.12. The van der Waals surface area contributed by atoms with Crippen LogP contribution in [0.5, 0.6) is 0 Å². The van der Waals surface area contributed by atoms with Crippen LogP contribution >= 0.6 is 23.2 Å². The summed E-state index contributed by atoms with van der Waals surface area (Å²) in [6.45, 7) is 0.808. The second kappa shape index (κ2) is 4.58.